The molecule has 0 fully saturated rings. The normalized spacial score (nSPS) is 12.0. The third kappa shape index (κ3) is 5.34. The Morgan fingerprint density at radius 2 is 2.13 bits per heavy atom. The average Bonchev–Trinajstić information content (AvgIpc) is 2.50. The van der Waals surface area contributed by atoms with Gasteiger partial charge in [0.15, 0.2) is 0 Å². The quantitative estimate of drug-likeness (QED) is 0.780. The van der Waals surface area contributed by atoms with Gasteiger partial charge in [0, 0.05) is 25.1 Å². The summed E-state index contributed by atoms with van der Waals surface area (Å²) in [5.41, 5.74) is 2.82. The van der Waals surface area contributed by atoms with Crippen LogP contribution in [0.4, 0.5) is 0 Å². The van der Waals surface area contributed by atoms with Crippen molar-refractivity contribution in [2.45, 2.75) is 26.4 Å². The van der Waals surface area contributed by atoms with Crippen LogP contribution in [0.25, 0.3) is 10.9 Å². The minimum absolute atomic E-state index is 0.0420. The molecule has 1 heterocycles. The largest absolute Gasteiger partial charge is 0.463 e. The Labute approximate surface area is 134 Å². The van der Waals surface area contributed by atoms with Gasteiger partial charge in [0.1, 0.15) is 12.7 Å². The zero-order chi connectivity index (χ0) is 16.8. The Morgan fingerprint density at radius 1 is 1.35 bits per heavy atom. The van der Waals surface area contributed by atoms with Gasteiger partial charge in [0.25, 0.3) is 0 Å². The number of ether oxygens (including phenoxy) is 1. The average molecular weight is 316 g/mol. The molecule has 1 unspecified atom stereocenters. The molecule has 1 amide bonds. The third-order valence-corrected chi connectivity index (χ3v) is 3.26. The number of nitrogens with zero attached hydrogens (tertiary/aromatic N) is 1. The standard InChI is InChI=1S/C17H20N2O4/c1-11-5-14-6-13(3-4-16(14)18-8-11)7-17(22)19-9-15(21)10-23-12(2)20/h3-6,8,15,21H,7,9-10H2,1-2H3,(H,19,22). The Balaban J connectivity index is 1.88. The molecule has 23 heavy (non-hydrogen) atoms. The summed E-state index contributed by atoms with van der Waals surface area (Å²) in [6.45, 7) is 3.15. The first-order valence-electron chi connectivity index (χ1n) is 7.37. The molecule has 0 aliphatic rings. The maximum Gasteiger partial charge on any atom is 0.302 e. The van der Waals surface area contributed by atoms with Crippen LogP contribution in [0.3, 0.4) is 0 Å². The van der Waals surface area contributed by atoms with Gasteiger partial charge in [-0.05, 0) is 36.2 Å². The van der Waals surface area contributed by atoms with Crippen LogP contribution in [0.1, 0.15) is 18.1 Å². The van der Waals surface area contributed by atoms with Crippen molar-refractivity contribution in [2.75, 3.05) is 13.2 Å². The summed E-state index contributed by atoms with van der Waals surface area (Å²) in [6.07, 6.45) is 1.11. The van der Waals surface area contributed by atoms with Crippen LogP contribution in [0.5, 0.6) is 0 Å². The number of pyridine rings is 1. The summed E-state index contributed by atoms with van der Waals surface area (Å²) in [5, 5.41) is 13.2. The molecule has 0 radical (unpaired) electrons. The number of amides is 1. The Kier molecular flexibility index (Phi) is 5.65. The maximum atomic E-state index is 11.9. The second-order valence-electron chi connectivity index (χ2n) is 5.48. The van der Waals surface area contributed by atoms with Crippen molar-refractivity contribution in [3.8, 4) is 0 Å². The summed E-state index contributed by atoms with van der Waals surface area (Å²) in [7, 11) is 0. The predicted octanol–water partition coefficient (Wildman–Crippen LogP) is 1.13. The fourth-order valence-corrected chi connectivity index (χ4v) is 2.15. The number of fused-ring (bicyclic) bond motifs is 1. The fraction of sp³-hybridized carbons (Fsp3) is 0.353. The Hall–Kier alpha value is -2.47. The highest BCUT2D eigenvalue weighted by Gasteiger charge is 2.09. The fourth-order valence-electron chi connectivity index (χ4n) is 2.15. The van der Waals surface area contributed by atoms with Crippen LogP contribution in [-0.4, -0.2) is 41.2 Å². The van der Waals surface area contributed by atoms with Gasteiger partial charge in [-0.1, -0.05) is 6.07 Å². The molecule has 0 spiro atoms. The zero-order valence-electron chi connectivity index (χ0n) is 13.2. The van der Waals surface area contributed by atoms with Crippen molar-refractivity contribution in [2.24, 2.45) is 0 Å². The molecule has 0 saturated heterocycles. The van der Waals surface area contributed by atoms with Crippen LogP contribution in [0.15, 0.2) is 30.5 Å². The first-order chi connectivity index (χ1) is 10.9. The number of carbonyl (C=O) groups is 2. The Morgan fingerprint density at radius 3 is 2.87 bits per heavy atom. The number of benzene rings is 1. The van der Waals surface area contributed by atoms with Gasteiger partial charge < -0.3 is 15.2 Å². The molecule has 0 aliphatic heterocycles. The molecule has 0 aliphatic carbocycles. The van der Waals surface area contributed by atoms with Gasteiger partial charge in [0.2, 0.25) is 5.91 Å². The monoisotopic (exact) mass is 316 g/mol. The van der Waals surface area contributed by atoms with E-state index in [-0.39, 0.29) is 25.5 Å². The van der Waals surface area contributed by atoms with Gasteiger partial charge >= 0.3 is 5.97 Å². The number of hydrogen-bond donors (Lipinski definition) is 2. The van der Waals surface area contributed by atoms with Crippen molar-refractivity contribution in [1.29, 1.82) is 0 Å². The molecule has 6 nitrogen and oxygen atoms in total. The van der Waals surface area contributed by atoms with Gasteiger partial charge in [-0.2, -0.15) is 0 Å². The van der Waals surface area contributed by atoms with Crippen LogP contribution in [0.2, 0.25) is 0 Å². The highest BCUT2D eigenvalue weighted by Crippen LogP contribution is 2.15. The maximum absolute atomic E-state index is 11.9. The van der Waals surface area contributed by atoms with Crippen molar-refractivity contribution < 1.29 is 19.4 Å². The van der Waals surface area contributed by atoms with E-state index in [2.05, 4.69) is 15.0 Å². The molecule has 2 N–H and O–H groups in total. The highest BCUT2D eigenvalue weighted by atomic mass is 16.5. The second-order valence-corrected chi connectivity index (χ2v) is 5.48. The van der Waals surface area contributed by atoms with Crippen molar-refractivity contribution in [3.63, 3.8) is 0 Å². The summed E-state index contributed by atoms with van der Waals surface area (Å²) < 4.78 is 4.67. The van der Waals surface area contributed by atoms with Gasteiger partial charge in [-0.25, -0.2) is 0 Å². The first-order valence-corrected chi connectivity index (χ1v) is 7.37. The number of hydrogen-bond acceptors (Lipinski definition) is 5. The molecular formula is C17H20N2O4. The predicted molar refractivity (Wildman–Crippen MR) is 85.8 cm³/mol. The SMILES string of the molecule is CC(=O)OCC(O)CNC(=O)Cc1ccc2ncc(C)cc2c1. The number of carbonyl (C=O) groups excluding carboxylic acids is 2. The highest BCUT2D eigenvalue weighted by molar-refractivity contribution is 5.83. The summed E-state index contributed by atoms with van der Waals surface area (Å²) >= 11 is 0. The summed E-state index contributed by atoms with van der Waals surface area (Å²) in [6, 6.07) is 7.70. The van der Waals surface area contributed by atoms with E-state index in [1.165, 1.54) is 6.92 Å². The van der Waals surface area contributed by atoms with Crippen LogP contribution in [-0.2, 0) is 20.7 Å². The van der Waals surface area contributed by atoms with E-state index in [0.29, 0.717) is 0 Å². The van der Waals surface area contributed by atoms with Crippen molar-refractivity contribution in [3.05, 3.63) is 41.6 Å². The van der Waals surface area contributed by atoms with Gasteiger partial charge in [-0.15, -0.1) is 0 Å². The lowest BCUT2D eigenvalue weighted by molar-refractivity contribution is -0.143. The molecule has 1 atom stereocenters. The molecular weight excluding hydrogens is 296 g/mol. The van der Waals surface area contributed by atoms with Gasteiger partial charge in [0.05, 0.1) is 11.9 Å². The number of nitrogens with one attached hydrogen (secondary N) is 1. The lowest BCUT2D eigenvalue weighted by atomic mass is 10.1. The summed E-state index contributed by atoms with van der Waals surface area (Å²) in [5.74, 6) is -0.665. The molecule has 2 aromatic rings. The Bertz CT molecular complexity index is 715. The molecule has 1 aromatic heterocycles. The van der Waals surface area contributed by atoms with E-state index in [4.69, 9.17) is 0 Å². The smallest absolute Gasteiger partial charge is 0.302 e. The number of aryl methyl sites for hydroxylation is 1. The first kappa shape index (κ1) is 16.9. The summed E-state index contributed by atoms with van der Waals surface area (Å²) in [4.78, 5) is 26.9. The number of rotatable bonds is 6. The van der Waals surface area contributed by atoms with Crippen LogP contribution < -0.4 is 5.32 Å². The van der Waals surface area contributed by atoms with Crippen molar-refractivity contribution in [1.82, 2.24) is 10.3 Å². The van der Waals surface area contributed by atoms with Crippen LogP contribution in [0, 0.1) is 6.92 Å². The molecule has 122 valence electrons. The van der Waals surface area contributed by atoms with E-state index in [9.17, 15) is 14.7 Å². The van der Waals surface area contributed by atoms with Crippen LogP contribution >= 0.6 is 0 Å². The number of aromatic nitrogens is 1. The second kappa shape index (κ2) is 7.69. The molecule has 0 saturated carbocycles. The minimum Gasteiger partial charge on any atom is -0.463 e. The third-order valence-electron chi connectivity index (χ3n) is 3.26. The van der Waals surface area contributed by atoms with E-state index < -0.39 is 12.1 Å². The van der Waals surface area contributed by atoms with Gasteiger partial charge in [-0.3, -0.25) is 14.6 Å². The van der Waals surface area contributed by atoms with Crippen molar-refractivity contribution >= 4 is 22.8 Å². The minimum atomic E-state index is -0.911. The molecule has 6 heteroatoms. The van der Waals surface area contributed by atoms with E-state index in [1.54, 1.807) is 6.20 Å². The lowest BCUT2D eigenvalue weighted by Gasteiger charge is -2.12. The zero-order valence-corrected chi connectivity index (χ0v) is 13.2. The number of aliphatic hydroxyl groups is 1. The van der Waals surface area contributed by atoms with E-state index in [1.807, 2.05) is 31.2 Å². The molecule has 2 rings (SSSR count). The number of aliphatic hydroxyl groups excluding tert-OH is 1. The molecule has 0 bridgehead atoms. The lowest BCUT2D eigenvalue weighted by Crippen LogP contribution is -2.35. The van der Waals surface area contributed by atoms with E-state index in [0.717, 1.165) is 22.0 Å². The number of esters is 1. The molecule has 1 aromatic carbocycles. The van der Waals surface area contributed by atoms with E-state index >= 15 is 0 Å². The topological polar surface area (TPSA) is 88.5 Å².